The van der Waals surface area contributed by atoms with Gasteiger partial charge in [-0.3, -0.25) is 0 Å². The van der Waals surface area contributed by atoms with Crippen molar-refractivity contribution in [1.29, 1.82) is 0 Å². The lowest BCUT2D eigenvalue weighted by atomic mass is 10.1. The second kappa shape index (κ2) is 4.87. The van der Waals surface area contributed by atoms with Gasteiger partial charge in [0.05, 0.1) is 0 Å². The van der Waals surface area contributed by atoms with E-state index in [0.717, 1.165) is 22.5 Å². The van der Waals surface area contributed by atoms with Crippen LogP contribution in [-0.4, -0.2) is 16.1 Å². The van der Waals surface area contributed by atoms with Crippen LogP contribution in [-0.2, 0) is 0 Å². The lowest BCUT2D eigenvalue weighted by Crippen LogP contribution is -2.01. The van der Waals surface area contributed by atoms with E-state index in [1.165, 1.54) is 12.3 Å². The van der Waals surface area contributed by atoms with E-state index in [0.29, 0.717) is 0 Å². The maximum atomic E-state index is 10.8. The quantitative estimate of drug-likeness (QED) is 0.868. The fraction of sp³-hybridized carbons (Fsp3) is 0.143. The summed E-state index contributed by atoms with van der Waals surface area (Å²) in [7, 11) is 0. The highest BCUT2D eigenvalue weighted by atomic mass is 16.4. The summed E-state index contributed by atoms with van der Waals surface area (Å²) in [6.07, 6.45) is 1.48. The Kier molecular flexibility index (Phi) is 3.28. The number of aromatic nitrogens is 1. The van der Waals surface area contributed by atoms with Crippen molar-refractivity contribution in [2.75, 3.05) is 5.32 Å². The van der Waals surface area contributed by atoms with Gasteiger partial charge in [0, 0.05) is 17.6 Å². The molecular formula is C14H14N2O2. The minimum absolute atomic E-state index is 0.0327. The average molecular weight is 242 g/mol. The first kappa shape index (κ1) is 12.1. The number of carbonyl (C=O) groups is 1. The van der Waals surface area contributed by atoms with Gasteiger partial charge in [0.1, 0.15) is 5.69 Å². The second-order valence-corrected chi connectivity index (χ2v) is 4.18. The van der Waals surface area contributed by atoms with Gasteiger partial charge >= 0.3 is 5.97 Å². The van der Waals surface area contributed by atoms with Crippen LogP contribution in [0.25, 0.3) is 0 Å². The molecule has 1 aromatic carbocycles. The molecule has 2 aromatic rings. The number of carboxylic acids is 1. The first-order valence-electron chi connectivity index (χ1n) is 5.60. The van der Waals surface area contributed by atoms with E-state index in [1.54, 1.807) is 6.07 Å². The van der Waals surface area contributed by atoms with Crippen molar-refractivity contribution >= 4 is 17.3 Å². The lowest BCUT2D eigenvalue weighted by molar-refractivity contribution is 0.0690. The summed E-state index contributed by atoms with van der Waals surface area (Å²) in [6, 6.07) is 9.35. The van der Waals surface area contributed by atoms with Gasteiger partial charge in [-0.2, -0.15) is 0 Å². The number of aryl methyl sites for hydroxylation is 2. The molecule has 4 nitrogen and oxygen atoms in total. The molecule has 92 valence electrons. The summed E-state index contributed by atoms with van der Waals surface area (Å²) in [6.45, 7) is 4.01. The predicted octanol–water partition coefficient (Wildman–Crippen LogP) is 3.14. The molecule has 4 heteroatoms. The Morgan fingerprint density at radius 3 is 2.72 bits per heavy atom. The molecule has 18 heavy (non-hydrogen) atoms. The highest BCUT2D eigenvalue weighted by Gasteiger charge is 2.06. The van der Waals surface area contributed by atoms with Gasteiger partial charge in [-0.05, 0) is 43.2 Å². The van der Waals surface area contributed by atoms with Crippen molar-refractivity contribution in [3.05, 3.63) is 53.3 Å². The Labute approximate surface area is 105 Å². The third-order valence-corrected chi connectivity index (χ3v) is 2.65. The van der Waals surface area contributed by atoms with Crippen LogP contribution in [0.1, 0.15) is 21.6 Å². The predicted molar refractivity (Wildman–Crippen MR) is 70.4 cm³/mol. The molecule has 0 saturated heterocycles. The van der Waals surface area contributed by atoms with Crippen LogP contribution in [0.2, 0.25) is 0 Å². The number of hydrogen-bond acceptors (Lipinski definition) is 3. The Balaban J connectivity index is 2.31. The zero-order chi connectivity index (χ0) is 13.1. The summed E-state index contributed by atoms with van der Waals surface area (Å²) in [5.41, 5.74) is 3.98. The molecule has 2 N–H and O–H groups in total. The van der Waals surface area contributed by atoms with Crippen molar-refractivity contribution in [2.24, 2.45) is 0 Å². The number of aromatic carboxylic acids is 1. The molecule has 0 amide bonds. The largest absolute Gasteiger partial charge is 0.477 e. The molecule has 0 saturated carbocycles. The van der Waals surface area contributed by atoms with Gasteiger partial charge in [0.2, 0.25) is 0 Å². The van der Waals surface area contributed by atoms with E-state index in [-0.39, 0.29) is 5.69 Å². The lowest BCUT2D eigenvalue weighted by Gasteiger charge is -2.10. The number of carboxylic acid groups (broad SMARTS) is 1. The van der Waals surface area contributed by atoms with Crippen LogP contribution >= 0.6 is 0 Å². The number of anilines is 2. The van der Waals surface area contributed by atoms with Crippen molar-refractivity contribution in [2.45, 2.75) is 13.8 Å². The number of hydrogen-bond donors (Lipinski definition) is 2. The Hall–Kier alpha value is -2.36. The fourth-order valence-corrected chi connectivity index (χ4v) is 1.65. The molecule has 0 aliphatic heterocycles. The van der Waals surface area contributed by atoms with E-state index >= 15 is 0 Å². The third kappa shape index (κ3) is 2.66. The van der Waals surface area contributed by atoms with Gasteiger partial charge in [-0.1, -0.05) is 12.1 Å². The molecular weight excluding hydrogens is 228 g/mol. The van der Waals surface area contributed by atoms with Crippen LogP contribution in [0, 0.1) is 13.8 Å². The fourth-order valence-electron chi connectivity index (χ4n) is 1.65. The summed E-state index contributed by atoms with van der Waals surface area (Å²) >= 11 is 0. The molecule has 0 bridgehead atoms. The topological polar surface area (TPSA) is 62.2 Å². The van der Waals surface area contributed by atoms with Gasteiger partial charge in [-0.25, -0.2) is 9.78 Å². The average Bonchev–Trinajstić information content (AvgIpc) is 2.34. The van der Waals surface area contributed by atoms with Crippen LogP contribution in [0.15, 0.2) is 36.5 Å². The third-order valence-electron chi connectivity index (χ3n) is 2.65. The SMILES string of the molecule is Cc1ccc(C)c(Nc2ccnc(C(=O)O)c2)c1. The standard InChI is InChI=1S/C14H14N2O2/c1-9-3-4-10(2)12(7-9)16-11-5-6-15-13(8-11)14(17)18/h3-8H,1-2H3,(H,15,16)(H,17,18). The number of pyridine rings is 1. The normalized spacial score (nSPS) is 10.1. The van der Waals surface area contributed by atoms with Gasteiger partial charge in [0.25, 0.3) is 0 Å². The zero-order valence-corrected chi connectivity index (χ0v) is 10.3. The van der Waals surface area contributed by atoms with Gasteiger partial charge in [0.15, 0.2) is 0 Å². The number of nitrogens with zero attached hydrogens (tertiary/aromatic N) is 1. The summed E-state index contributed by atoms with van der Waals surface area (Å²) in [5.74, 6) is -1.03. The molecule has 0 fully saturated rings. The van der Waals surface area contributed by atoms with E-state index in [4.69, 9.17) is 5.11 Å². The molecule has 1 heterocycles. The van der Waals surface area contributed by atoms with E-state index in [1.807, 2.05) is 32.0 Å². The molecule has 0 atom stereocenters. The molecule has 0 unspecified atom stereocenters. The zero-order valence-electron chi connectivity index (χ0n) is 10.3. The summed E-state index contributed by atoms with van der Waals surface area (Å²) in [4.78, 5) is 14.6. The smallest absolute Gasteiger partial charge is 0.354 e. The van der Waals surface area contributed by atoms with Crippen LogP contribution in [0.5, 0.6) is 0 Å². The summed E-state index contributed by atoms with van der Waals surface area (Å²) < 4.78 is 0. The second-order valence-electron chi connectivity index (χ2n) is 4.18. The molecule has 0 radical (unpaired) electrons. The molecule has 1 aromatic heterocycles. The van der Waals surface area contributed by atoms with Gasteiger partial charge in [-0.15, -0.1) is 0 Å². The van der Waals surface area contributed by atoms with Crippen molar-refractivity contribution in [1.82, 2.24) is 4.98 Å². The molecule has 0 aliphatic carbocycles. The molecule has 0 aliphatic rings. The highest BCUT2D eigenvalue weighted by molar-refractivity contribution is 5.86. The molecule has 2 rings (SSSR count). The van der Waals surface area contributed by atoms with Crippen LogP contribution in [0.3, 0.4) is 0 Å². The van der Waals surface area contributed by atoms with E-state index in [2.05, 4.69) is 10.3 Å². The first-order chi connectivity index (χ1) is 8.56. The number of rotatable bonds is 3. The van der Waals surface area contributed by atoms with E-state index in [9.17, 15) is 4.79 Å². The monoisotopic (exact) mass is 242 g/mol. The minimum Gasteiger partial charge on any atom is -0.477 e. The highest BCUT2D eigenvalue weighted by Crippen LogP contribution is 2.21. The van der Waals surface area contributed by atoms with Crippen molar-refractivity contribution in [3.8, 4) is 0 Å². The van der Waals surface area contributed by atoms with Crippen molar-refractivity contribution < 1.29 is 9.90 Å². The maximum Gasteiger partial charge on any atom is 0.354 e. The van der Waals surface area contributed by atoms with Crippen LogP contribution < -0.4 is 5.32 Å². The number of nitrogens with one attached hydrogen (secondary N) is 1. The molecule has 0 spiro atoms. The number of benzene rings is 1. The Morgan fingerprint density at radius 2 is 2.00 bits per heavy atom. The Bertz CT molecular complexity index is 594. The minimum atomic E-state index is -1.03. The van der Waals surface area contributed by atoms with Crippen LogP contribution in [0.4, 0.5) is 11.4 Å². The van der Waals surface area contributed by atoms with E-state index < -0.39 is 5.97 Å². The first-order valence-corrected chi connectivity index (χ1v) is 5.60. The Morgan fingerprint density at radius 1 is 1.22 bits per heavy atom. The summed E-state index contributed by atoms with van der Waals surface area (Å²) in [5, 5.41) is 12.1. The van der Waals surface area contributed by atoms with Crippen molar-refractivity contribution in [3.63, 3.8) is 0 Å². The maximum absolute atomic E-state index is 10.8. The van der Waals surface area contributed by atoms with Gasteiger partial charge < -0.3 is 10.4 Å².